The summed E-state index contributed by atoms with van der Waals surface area (Å²) in [7, 11) is 0.133. The summed E-state index contributed by atoms with van der Waals surface area (Å²) in [5.74, 6) is 0. The van der Waals surface area contributed by atoms with Gasteiger partial charge < -0.3 is 18.8 Å². The number of carbonyl (C=O) groups excluding carboxylic acids is 1. The van der Waals surface area contributed by atoms with Gasteiger partial charge in [-0.3, -0.25) is 4.90 Å². The van der Waals surface area contributed by atoms with Crippen molar-refractivity contribution >= 4 is 31.0 Å². The molecule has 1 aromatic carbocycles. The van der Waals surface area contributed by atoms with Gasteiger partial charge in [-0.15, -0.1) is 0 Å². The van der Waals surface area contributed by atoms with Gasteiger partial charge in [0.05, 0.1) is 23.9 Å². The van der Waals surface area contributed by atoms with Crippen LogP contribution in [0.5, 0.6) is 0 Å². The standard InChI is InChI=1S/C25H38N2O4Si/c1-24(2,3)31-23(29)27-12-10-11-22(28)19-14-17-13-18(26(7)20(17)15-21(19)27)16-30-32(8,9)25(4,5)6/h10-11,13-15,22,28H,12,16H2,1-9H3. The van der Waals surface area contributed by atoms with Gasteiger partial charge in [0.15, 0.2) is 8.32 Å². The quantitative estimate of drug-likeness (QED) is 0.449. The predicted octanol–water partition coefficient (Wildman–Crippen LogP) is 6.04. The van der Waals surface area contributed by atoms with E-state index in [1.54, 1.807) is 17.1 Å². The molecular formula is C25H38N2O4Si. The first-order valence-electron chi connectivity index (χ1n) is 11.2. The van der Waals surface area contributed by atoms with E-state index in [2.05, 4.69) is 44.5 Å². The Kier molecular flexibility index (Phi) is 6.41. The van der Waals surface area contributed by atoms with Gasteiger partial charge in [0.1, 0.15) is 5.60 Å². The smallest absolute Gasteiger partial charge is 0.415 e. The lowest BCUT2D eigenvalue weighted by Crippen LogP contribution is -2.40. The van der Waals surface area contributed by atoms with Crippen LogP contribution in [0.2, 0.25) is 18.1 Å². The third kappa shape index (κ3) is 4.95. The molecule has 0 saturated carbocycles. The van der Waals surface area contributed by atoms with Gasteiger partial charge in [0.2, 0.25) is 0 Å². The second-order valence-electron chi connectivity index (χ2n) is 11.2. The maximum Gasteiger partial charge on any atom is 0.415 e. The Bertz CT molecular complexity index is 1040. The van der Waals surface area contributed by atoms with Gasteiger partial charge in [-0.05, 0) is 57.1 Å². The largest absolute Gasteiger partial charge is 0.443 e. The molecule has 6 nitrogen and oxygen atoms in total. The molecule has 176 valence electrons. The number of hydrogen-bond donors (Lipinski definition) is 1. The Hall–Kier alpha value is -2.09. The lowest BCUT2D eigenvalue weighted by Gasteiger charge is -2.36. The van der Waals surface area contributed by atoms with Crippen LogP contribution in [0.15, 0.2) is 30.4 Å². The number of fused-ring (bicyclic) bond motifs is 2. The Balaban J connectivity index is 2.02. The Labute approximate surface area is 192 Å². The fourth-order valence-corrected chi connectivity index (χ4v) is 4.46. The van der Waals surface area contributed by atoms with Crippen molar-refractivity contribution in [3.05, 3.63) is 41.6 Å². The molecule has 1 atom stereocenters. The first-order chi connectivity index (χ1) is 14.6. The number of carbonyl (C=O) groups is 1. The van der Waals surface area contributed by atoms with Gasteiger partial charge in [-0.1, -0.05) is 32.9 Å². The van der Waals surface area contributed by atoms with E-state index in [1.165, 1.54) is 0 Å². The van der Waals surface area contributed by atoms with Crippen LogP contribution in [-0.4, -0.2) is 36.2 Å². The zero-order valence-electron chi connectivity index (χ0n) is 20.9. The van der Waals surface area contributed by atoms with Gasteiger partial charge in [0.25, 0.3) is 0 Å². The van der Waals surface area contributed by atoms with E-state index in [1.807, 2.05) is 40.0 Å². The van der Waals surface area contributed by atoms with E-state index in [-0.39, 0.29) is 5.04 Å². The molecule has 32 heavy (non-hydrogen) atoms. The number of hydrogen-bond acceptors (Lipinski definition) is 4. The van der Waals surface area contributed by atoms with E-state index < -0.39 is 26.1 Å². The van der Waals surface area contributed by atoms with Gasteiger partial charge >= 0.3 is 6.09 Å². The molecule has 1 N–H and O–H groups in total. The molecule has 1 amide bonds. The summed E-state index contributed by atoms with van der Waals surface area (Å²) >= 11 is 0. The maximum absolute atomic E-state index is 12.9. The number of nitrogens with zero attached hydrogens (tertiary/aromatic N) is 2. The second-order valence-corrected chi connectivity index (χ2v) is 16.0. The van der Waals surface area contributed by atoms with Gasteiger partial charge in [-0.25, -0.2) is 4.79 Å². The van der Waals surface area contributed by atoms with Crippen molar-refractivity contribution in [3.8, 4) is 0 Å². The number of aromatic nitrogens is 1. The topological polar surface area (TPSA) is 63.9 Å². The summed E-state index contributed by atoms with van der Waals surface area (Å²) in [5.41, 5.74) is 2.82. The SMILES string of the molecule is Cn1c(CO[Si](C)(C)C(C)(C)C)cc2cc3c(cc21)N(C(=O)OC(C)(C)C)CC=CC3O. The number of rotatable bonds is 3. The van der Waals surface area contributed by atoms with Crippen LogP contribution in [0.25, 0.3) is 10.9 Å². The summed E-state index contributed by atoms with van der Waals surface area (Å²) in [4.78, 5) is 14.5. The van der Waals surface area contributed by atoms with Crippen LogP contribution in [0.4, 0.5) is 10.5 Å². The number of amides is 1. The fraction of sp³-hybridized carbons (Fsp3) is 0.560. The molecule has 1 aliphatic heterocycles. The van der Waals surface area contributed by atoms with Gasteiger partial charge in [-0.2, -0.15) is 0 Å². The van der Waals surface area contributed by atoms with E-state index in [0.29, 0.717) is 24.4 Å². The van der Waals surface area contributed by atoms with Crippen LogP contribution >= 0.6 is 0 Å². The van der Waals surface area contributed by atoms with Crippen molar-refractivity contribution in [3.63, 3.8) is 0 Å². The Morgan fingerprint density at radius 2 is 1.81 bits per heavy atom. The Morgan fingerprint density at radius 1 is 1.16 bits per heavy atom. The number of ether oxygens (including phenoxy) is 1. The number of aliphatic hydroxyl groups is 1. The summed E-state index contributed by atoms with van der Waals surface area (Å²) in [6.45, 7) is 17.6. The summed E-state index contributed by atoms with van der Waals surface area (Å²) < 4.78 is 14.2. The summed E-state index contributed by atoms with van der Waals surface area (Å²) in [6, 6.07) is 6.06. The molecule has 0 aliphatic carbocycles. The molecule has 2 aromatic rings. The van der Waals surface area contributed by atoms with Crippen LogP contribution < -0.4 is 4.90 Å². The zero-order chi connectivity index (χ0) is 24.1. The highest BCUT2D eigenvalue weighted by Crippen LogP contribution is 2.38. The number of aryl methyl sites for hydroxylation is 1. The molecule has 1 aromatic heterocycles. The highest BCUT2D eigenvalue weighted by molar-refractivity contribution is 6.74. The van der Waals surface area contributed by atoms with Crippen LogP contribution in [0, 0.1) is 0 Å². The molecular weight excluding hydrogens is 420 g/mol. The summed E-state index contributed by atoms with van der Waals surface area (Å²) in [5, 5.41) is 11.9. The molecule has 0 fully saturated rings. The fourth-order valence-electron chi connectivity index (χ4n) is 3.52. The van der Waals surface area contributed by atoms with Crippen molar-refractivity contribution in [2.45, 2.75) is 78.0 Å². The van der Waals surface area contributed by atoms with Crippen LogP contribution in [-0.2, 0) is 22.8 Å². The van der Waals surface area contributed by atoms with E-state index >= 15 is 0 Å². The average molecular weight is 459 g/mol. The molecule has 1 unspecified atom stereocenters. The molecule has 0 radical (unpaired) electrons. The van der Waals surface area contributed by atoms with Crippen molar-refractivity contribution in [2.75, 3.05) is 11.4 Å². The highest BCUT2D eigenvalue weighted by atomic mass is 28.4. The molecule has 1 aliphatic rings. The molecule has 7 heteroatoms. The number of anilines is 1. The minimum absolute atomic E-state index is 0.138. The minimum Gasteiger partial charge on any atom is -0.443 e. The molecule has 0 spiro atoms. The molecule has 0 saturated heterocycles. The minimum atomic E-state index is -1.88. The van der Waals surface area contributed by atoms with Crippen molar-refractivity contribution in [1.82, 2.24) is 4.57 Å². The van der Waals surface area contributed by atoms with E-state index in [0.717, 1.165) is 16.6 Å². The predicted molar refractivity (Wildman–Crippen MR) is 133 cm³/mol. The second kappa shape index (κ2) is 8.36. The normalized spacial score (nSPS) is 17.4. The van der Waals surface area contributed by atoms with Crippen LogP contribution in [0.3, 0.4) is 0 Å². The first kappa shape index (κ1) is 24.5. The molecule has 0 bridgehead atoms. The van der Waals surface area contributed by atoms with Crippen molar-refractivity contribution in [1.29, 1.82) is 0 Å². The lowest BCUT2D eigenvalue weighted by atomic mass is 10.0. The summed E-state index contributed by atoms with van der Waals surface area (Å²) in [6.07, 6.45) is 2.32. The van der Waals surface area contributed by atoms with Crippen molar-refractivity contribution < 1.29 is 19.1 Å². The maximum atomic E-state index is 12.9. The third-order valence-corrected chi connectivity index (χ3v) is 11.0. The first-order valence-corrected chi connectivity index (χ1v) is 14.1. The van der Waals surface area contributed by atoms with Gasteiger partial charge in [0, 0.05) is 30.2 Å². The lowest BCUT2D eigenvalue weighted by molar-refractivity contribution is 0.0584. The van der Waals surface area contributed by atoms with E-state index in [9.17, 15) is 9.90 Å². The monoisotopic (exact) mass is 458 g/mol. The zero-order valence-corrected chi connectivity index (χ0v) is 21.9. The van der Waals surface area contributed by atoms with E-state index in [4.69, 9.17) is 9.16 Å². The number of aliphatic hydroxyl groups excluding tert-OH is 1. The number of benzene rings is 1. The van der Waals surface area contributed by atoms with Crippen molar-refractivity contribution in [2.24, 2.45) is 7.05 Å². The highest BCUT2D eigenvalue weighted by Gasteiger charge is 2.37. The van der Waals surface area contributed by atoms with Crippen LogP contribution in [0.1, 0.15) is 58.9 Å². The third-order valence-electron chi connectivity index (χ3n) is 6.51. The molecule has 3 rings (SSSR count). The Morgan fingerprint density at radius 3 is 2.41 bits per heavy atom. The average Bonchev–Trinajstić information content (AvgIpc) is 2.85. The molecule has 2 heterocycles.